The molecule has 0 aromatic carbocycles. The second-order valence-electron chi connectivity index (χ2n) is 4.99. The lowest BCUT2D eigenvalue weighted by molar-refractivity contribution is 0.381. The highest BCUT2D eigenvalue weighted by Crippen LogP contribution is 2.12. The number of fused-ring (bicyclic) bond motifs is 2. The van der Waals surface area contributed by atoms with Gasteiger partial charge in [-0.05, 0) is 0 Å². The van der Waals surface area contributed by atoms with Gasteiger partial charge in [0.2, 0.25) is 11.9 Å². The van der Waals surface area contributed by atoms with E-state index in [0.29, 0.717) is 22.3 Å². The number of nitrogens with two attached hydrogens (primary N) is 4. The third-order valence-electron chi connectivity index (χ3n) is 2.85. The van der Waals surface area contributed by atoms with Crippen LogP contribution in [0.5, 0.6) is 0 Å². The van der Waals surface area contributed by atoms with Crippen molar-refractivity contribution in [2.24, 2.45) is 0 Å². The van der Waals surface area contributed by atoms with Crippen molar-refractivity contribution in [3.05, 3.63) is 21.0 Å². The quantitative estimate of drug-likeness (QED) is 0.109. The van der Waals surface area contributed by atoms with Gasteiger partial charge in [0.25, 0.3) is 0 Å². The first-order valence-corrected chi connectivity index (χ1v) is 8.45. The monoisotopic (exact) mass is 466 g/mol. The number of nitrogen functional groups attached to an aromatic ring is 4. The molecule has 4 aromatic rings. The van der Waals surface area contributed by atoms with Crippen molar-refractivity contribution in [3.8, 4) is 0 Å². The fourth-order valence-electron chi connectivity index (χ4n) is 1.92. The molecular weight excluding hydrogens is 448 g/mol. The Hall–Kier alpha value is -4.31. The number of aromatic amines is 4. The van der Waals surface area contributed by atoms with E-state index < -0.39 is 10.4 Å². The third kappa shape index (κ3) is 7.55. The SMILES string of the molecule is Nc1nc(N)c2[nH]c(=O)[nH]c2n1.Nc1nc(N)c2[nH]c(=O)[nH]c2n1.O.O.O=S(=O)(O)O. The maximum absolute atomic E-state index is 10.8. The summed E-state index contributed by atoms with van der Waals surface area (Å²) in [5, 5.41) is 0. The summed E-state index contributed by atoms with van der Waals surface area (Å²) in [6.07, 6.45) is 0. The summed E-state index contributed by atoms with van der Waals surface area (Å²) in [6, 6.07) is 0. The number of hydrogen-bond donors (Lipinski definition) is 10. The zero-order chi connectivity index (χ0) is 21.9. The van der Waals surface area contributed by atoms with Gasteiger partial charge in [-0.2, -0.15) is 28.4 Å². The minimum Gasteiger partial charge on any atom is -0.412 e. The predicted octanol–water partition coefficient (Wildman–Crippen LogP) is -4.68. The molecule has 0 spiro atoms. The van der Waals surface area contributed by atoms with E-state index in [9.17, 15) is 9.59 Å². The van der Waals surface area contributed by atoms with E-state index in [2.05, 4.69) is 39.9 Å². The van der Waals surface area contributed by atoms with Crippen LogP contribution in [0.2, 0.25) is 0 Å². The molecule has 0 saturated carbocycles. The van der Waals surface area contributed by atoms with Crippen LogP contribution in [0.15, 0.2) is 9.59 Å². The van der Waals surface area contributed by atoms with Gasteiger partial charge in [-0.25, -0.2) is 9.59 Å². The lowest BCUT2D eigenvalue weighted by atomic mass is 10.5. The summed E-state index contributed by atoms with van der Waals surface area (Å²) in [4.78, 5) is 46.1. The average molecular weight is 466 g/mol. The Morgan fingerprint density at radius 1 is 0.645 bits per heavy atom. The zero-order valence-electron chi connectivity index (χ0n) is 15.0. The van der Waals surface area contributed by atoms with Crippen LogP contribution in [-0.4, -0.2) is 68.3 Å². The number of rotatable bonds is 0. The fourth-order valence-corrected chi connectivity index (χ4v) is 1.92. The molecule has 172 valence electrons. The van der Waals surface area contributed by atoms with Gasteiger partial charge in [-0.15, -0.1) is 0 Å². The molecule has 0 saturated heterocycles. The topological polar surface area (TPSA) is 391 Å². The number of hydrogen-bond acceptors (Lipinski definition) is 12. The first-order valence-electron chi connectivity index (χ1n) is 7.05. The third-order valence-corrected chi connectivity index (χ3v) is 2.85. The Morgan fingerprint density at radius 3 is 1.23 bits per heavy atom. The molecule has 0 aliphatic heterocycles. The summed E-state index contributed by atoms with van der Waals surface area (Å²) in [6.45, 7) is 0. The number of nitrogens with zero attached hydrogens (tertiary/aromatic N) is 4. The van der Waals surface area contributed by atoms with Gasteiger partial charge in [-0.1, -0.05) is 0 Å². The van der Waals surface area contributed by atoms with Crippen LogP contribution in [-0.2, 0) is 10.4 Å². The molecule has 4 heterocycles. The van der Waals surface area contributed by atoms with Crippen molar-refractivity contribution in [1.29, 1.82) is 0 Å². The normalized spacial score (nSPS) is 10.1. The molecule has 31 heavy (non-hydrogen) atoms. The number of H-pyrrole nitrogens is 4. The number of anilines is 4. The molecule has 4 aromatic heterocycles. The van der Waals surface area contributed by atoms with Gasteiger partial charge in [0.1, 0.15) is 11.0 Å². The van der Waals surface area contributed by atoms with Gasteiger partial charge in [-0.3, -0.25) is 19.1 Å². The molecule has 0 bridgehead atoms. The van der Waals surface area contributed by atoms with Crippen LogP contribution in [0.25, 0.3) is 22.3 Å². The summed E-state index contributed by atoms with van der Waals surface area (Å²) in [5.74, 6) is 0.400. The van der Waals surface area contributed by atoms with Crippen molar-refractivity contribution in [1.82, 2.24) is 39.9 Å². The van der Waals surface area contributed by atoms with E-state index >= 15 is 0 Å². The Bertz CT molecular complexity index is 1290. The Labute approximate surface area is 169 Å². The van der Waals surface area contributed by atoms with Crippen LogP contribution in [0.4, 0.5) is 23.5 Å². The molecule has 0 amide bonds. The highest BCUT2D eigenvalue weighted by atomic mass is 32.3. The first kappa shape index (κ1) is 26.7. The summed E-state index contributed by atoms with van der Waals surface area (Å²) in [5.41, 5.74) is 22.1. The van der Waals surface area contributed by atoms with E-state index in [4.69, 9.17) is 40.5 Å². The maximum atomic E-state index is 10.8. The van der Waals surface area contributed by atoms with Gasteiger partial charge in [0.05, 0.1) is 0 Å². The smallest absolute Gasteiger partial charge is 0.394 e. The Kier molecular flexibility index (Phi) is 8.56. The summed E-state index contributed by atoms with van der Waals surface area (Å²) < 4.78 is 31.6. The summed E-state index contributed by atoms with van der Waals surface area (Å²) >= 11 is 0. The van der Waals surface area contributed by atoms with Gasteiger partial charge < -0.3 is 43.9 Å². The molecular formula is C10H18N12O8S. The standard InChI is InChI=1S/2C5H6N6O.H2O4S.2H2O/c2*6-2-1-3(10-4(7)9-2)11-5(12)8-1;1-5(2,3)4;;/h2*(H6,6,7,8,9,10,11,12);(H2,1,2,3,4);2*1H2. The molecule has 18 N–H and O–H groups in total. The lowest BCUT2D eigenvalue weighted by Gasteiger charge is -1.94. The van der Waals surface area contributed by atoms with E-state index in [-0.39, 0.29) is 45.9 Å². The molecule has 0 aliphatic rings. The van der Waals surface area contributed by atoms with Crippen molar-refractivity contribution < 1.29 is 28.5 Å². The number of nitrogens with one attached hydrogen (secondary N) is 4. The van der Waals surface area contributed by atoms with E-state index in [1.165, 1.54) is 0 Å². The molecule has 0 fully saturated rings. The molecule has 4 rings (SSSR count). The molecule has 21 heteroatoms. The van der Waals surface area contributed by atoms with Gasteiger partial charge in [0, 0.05) is 0 Å². The molecule has 0 unspecified atom stereocenters. The van der Waals surface area contributed by atoms with Crippen LogP contribution in [0.3, 0.4) is 0 Å². The highest BCUT2D eigenvalue weighted by Gasteiger charge is 2.06. The molecule has 20 nitrogen and oxygen atoms in total. The molecule has 0 atom stereocenters. The molecule has 0 radical (unpaired) electrons. The fraction of sp³-hybridized carbons (Fsp3) is 0. The largest absolute Gasteiger partial charge is 0.412 e. The van der Waals surface area contributed by atoms with Gasteiger partial charge >= 0.3 is 21.8 Å². The van der Waals surface area contributed by atoms with Crippen LogP contribution in [0, 0.1) is 0 Å². The highest BCUT2D eigenvalue weighted by molar-refractivity contribution is 7.79. The average Bonchev–Trinajstić information content (AvgIpc) is 3.08. The van der Waals surface area contributed by atoms with Crippen molar-refractivity contribution in [2.45, 2.75) is 0 Å². The van der Waals surface area contributed by atoms with Crippen LogP contribution < -0.4 is 34.3 Å². The number of aromatic nitrogens is 8. The van der Waals surface area contributed by atoms with Crippen molar-refractivity contribution in [2.75, 3.05) is 22.9 Å². The molecule has 0 aliphatic carbocycles. The van der Waals surface area contributed by atoms with Crippen LogP contribution in [0.1, 0.15) is 0 Å². The van der Waals surface area contributed by atoms with E-state index in [1.807, 2.05) is 0 Å². The minimum atomic E-state index is -4.67. The second-order valence-corrected chi connectivity index (χ2v) is 5.88. The lowest BCUT2D eigenvalue weighted by Crippen LogP contribution is -2.00. The number of imidazole rings is 2. The summed E-state index contributed by atoms with van der Waals surface area (Å²) in [7, 11) is -4.67. The maximum Gasteiger partial charge on any atom is 0.394 e. The predicted molar refractivity (Wildman–Crippen MR) is 108 cm³/mol. The van der Waals surface area contributed by atoms with Crippen molar-refractivity contribution >= 4 is 56.3 Å². The first-order chi connectivity index (χ1) is 13.3. The minimum absolute atomic E-state index is 0. The Balaban J connectivity index is 0.000000457. The van der Waals surface area contributed by atoms with Gasteiger partial charge in [0.15, 0.2) is 22.9 Å². The Morgan fingerprint density at radius 2 is 0.935 bits per heavy atom. The van der Waals surface area contributed by atoms with E-state index in [1.54, 1.807) is 0 Å². The van der Waals surface area contributed by atoms with E-state index in [0.717, 1.165) is 0 Å². The zero-order valence-corrected chi connectivity index (χ0v) is 15.9. The van der Waals surface area contributed by atoms with Crippen LogP contribution >= 0.6 is 0 Å². The van der Waals surface area contributed by atoms with Crippen molar-refractivity contribution in [3.63, 3.8) is 0 Å². The second kappa shape index (κ2) is 9.94.